The fourth-order valence-corrected chi connectivity index (χ4v) is 1.74. The third kappa shape index (κ3) is 14.1. The van der Waals surface area contributed by atoms with Gasteiger partial charge in [0, 0.05) is 39.0 Å². The molecule has 0 amide bonds. The molecule has 0 saturated heterocycles. The molecule has 0 heterocycles. The van der Waals surface area contributed by atoms with Crippen LogP contribution in [0.5, 0.6) is 0 Å². The molecular formula is C16H35NO2. The van der Waals surface area contributed by atoms with Crippen LogP contribution in [0.3, 0.4) is 0 Å². The van der Waals surface area contributed by atoms with Crippen LogP contribution >= 0.6 is 0 Å². The topological polar surface area (TPSA) is 21.7 Å². The van der Waals surface area contributed by atoms with Gasteiger partial charge in [0.2, 0.25) is 0 Å². The molecule has 3 heteroatoms. The van der Waals surface area contributed by atoms with Gasteiger partial charge in [-0.15, -0.1) is 0 Å². The van der Waals surface area contributed by atoms with Gasteiger partial charge in [0.1, 0.15) is 0 Å². The van der Waals surface area contributed by atoms with Crippen LogP contribution in [0.25, 0.3) is 0 Å². The fraction of sp³-hybridized carbons (Fsp3) is 1.00. The highest BCUT2D eigenvalue weighted by molar-refractivity contribution is 4.55. The summed E-state index contributed by atoms with van der Waals surface area (Å²) in [4.78, 5) is 2.35. The van der Waals surface area contributed by atoms with E-state index < -0.39 is 0 Å². The second kappa shape index (κ2) is 12.9. The van der Waals surface area contributed by atoms with Gasteiger partial charge in [-0.25, -0.2) is 0 Å². The van der Waals surface area contributed by atoms with Crippen LogP contribution in [0.2, 0.25) is 0 Å². The zero-order valence-electron chi connectivity index (χ0n) is 13.8. The Balaban J connectivity index is 3.07. The average molecular weight is 273 g/mol. The van der Waals surface area contributed by atoms with E-state index in [9.17, 15) is 0 Å². The van der Waals surface area contributed by atoms with Gasteiger partial charge in [0.25, 0.3) is 0 Å². The summed E-state index contributed by atoms with van der Waals surface area (Å²) in [5, 5.41) is 0. The lowest BCUT2D eigenvalue weighted by Crippen LogP contribution is -2.27. The lowest BCUT2D eigenvalue weighted by atomic mass is 10.1. The van der Waals surface area contributed by atoms with Crippen LogP contribution in [0, 0.1) is 5.92 Å². The predicted molar refractivity (Wildman–Crippen MR) is 82.7 cm³/mol. The van der Waals surface area contributed by atoms with Gasteiger partial charge in [-0.05, 0) is 52.5 Å². The molecule has 0 fully saturated rings. The summed E-state index contributed by atoms with van der Waals surface area (Å²) in [6.45, 7) is 13.5. The molecule has 116 valence electrons. The summed E-state index contributed by atoms with van der Waals surface area (Å²) >= 11 is 0. The highest BCUT2D eigenvalue weighted by Crippen LogP contribution is 2.03. The molecule has 0 unspecified atom stereocenters. The van der Waals surface area contributed by atoms with E-state index in [4.69, 9.17) is 9.47 Å². The fourth-order valence-electron chi connectivity index (χ4n) is 1.74. The first-order valence-corrected chi connectivity index (χ1v) is 7.89. The zero-order valence-corrected chi connectivity index (χ0v) is 13.8. The smallest absolute Gasteiger partial charge is 0.0487 e. The molecule has 0 bridgehead atoms. The molecule has 0 saturated carbocycles. The van der Waals surface area contributed by atoms with Crippen molar-refractivity contribution in [2.45, 2.75) is 59.4 Å². The summed E-state index contributed by atoms with van der Waals surface area (Å²) in [5.41, 5.74) is 0. The third-order valence-electron chi connectivity index (χ3n) is 3.33. The Morgan fingerprint density at radius 2 is 1.32 bits per heavy atom. The SMILES string of the molecule is CC(C)CCCOCCCOCCCN(C)C(C)C. The van der Waals surface area contributed by atoms with Crippen LogP contribution in [-0.2, 0) is 9.47 Å². The zero-order chi connectivity index (χ0) is 14.5. The van der Waals surface area contributed by atoms with Crippen molar-refractivity contribution in [3.8, 4) is 0 Å². The molecular weight excluding hydrogens is 238 g/mol. The molecule has 0 aromatic heterocycles. The monoisotopic (exact) mass is 273 g/mol. The number of hydrogen-bond acceptors (Lipinski definition) is 3. The van der Waals surface area contributed by atoms with Crippen LogP contribution in [0.15, 0.2) is 0 Å². The van der Waals surface area contributed by atoms with Crippen molar-refractivity contribution in [1.29, 1.82) is 0 Å². The number of ether oxygens (including phenoxy) is 2. The van der Waals surface area contributed by atoms with Gasteiger partial charge in [-0.2, -0.15) is 0 Å². The highest BCUT2D eigenvalue weighted by atomic mass is 16.5. The maximum Gasteiger partial charge on any atom is 0.0487 e. The third-order valence-corrected chi connectivity index (χ3v) is 3.33. The lowest BCUT2D eigenvalue weighted by molar-refractivity contribution is 0.0759. The van der Waals surface area contributed by atoms with E-state index in [0.717, 1.165) is 51.7 Å². The second-order valence-electron chi connectivity index (χ2n) is 6.04. The van der Waals surface area contributed by atoms with Crippen molar-refractivity contribution in [3.05, 3.63) is 0 Å². The molecule has 0 radical (unpaired) electrons. The Hall–Kier alpha value is -0.120. The Labute approximate surface area is 120 Å². The van der Waals surface area contributed by atoms with Gasteiger partial charge in [0.05, 0.1) is 0 Å². The summed E-state index contributed by atoms with van der Waals surface area (Å²) in [6, 6.07) is 0.624. The van der Waals surface area contributed by atoms with Gasteiger partial charge in [-0.3, -0.25) is 0 Å². The Morgan fingerprint density at radius 1 is 0.789 bits per heavy atom. The lowest BCUT2D eigenvalue weighted by Gasteiger charge is -2.20. The van der Waals surface area contributed by atoms with Crippen LogP contribution in [-0.4, -0.2) is 51.0 Å². The largest absolute Gasteiger partial charge is 0.381 e. The van der Waals surface area contributed by atoms with E-state index in [1.807, 2.05) is 0 Å². The van der Waals surface area contributed by atoms with Crippen LogP contribution in [0.4, 0.5) is 0 Å². The van der Waals surface area contributed by atoms with E-state index >= 15 is 0 Å². The van der Waals surface area contributed by atoms with Gasteiger partial charge < -0.3 is 14.4 Å². The quantitative estimate of drug-likeness (QED) is 0.479. The summed E-state index contributed by atoms with van der Waals surface area (Å²) in [5.74, 6) is 0.788. The summed E-state index contributed by atoms with van der Waals surface area (Å²) < 4.78 is 11.2. The van der Waals surface area contributed by atoms with E-state index in [2.05, 4.69) is 39.6 Å². The first-order chi connectivity index (χ1) is 9.04. The molecule has 19 heavy (non-hydrogen) atoms. The van der Waals surface area contributed by atoms with Gasteiger partial charge in [0.15, 0.2) is 0 Å². The minimum atomic E-state index is 0.624. The van der Waals surface area contributed by atoms with E-state index in [0.29, 0.717) is 6.04 Å². The molecule has 0 aliphatic carbocycles. The Bertz CT molecular complexity index is 184. The second-order valence-corrected chi connectivity index (χ2v) is 6.04. The molecule has 0 aromatic carbocycles. The van der Waals surface area contributed by atoms with Crippen LogP contribution in [0.1, 0.15) is 53.4 Å². The average Bonchev–Trinajstić information content (AvgIpc) is 2.35. The molecule has 0 spiro atoms. The molecule has 0 aliphatic heterocycles. The molecule has 0 aliphatic rings. The number of nitrogens with zero attached hydrogens (tertiary/aromatic N) is 1. The summed E-state index contributed by atoms with van der Waals surface area (Å²) in [6.07, 6.45) is 4.57. The summed E-state index contributed by atoms with van der Waals surface area (Å²) in [7, 11) is 2.16. The minimum Gasteiger partial charge on any atom is -0.381 e. The van der Waals surface area contributed by atoms with E-state index in [1.165, 1.54) is 12.8 Å². The molecule has 0 atom stereocenters. The normalized spacial score (nSPS) is 12.0. The van der Waals surface area contributed by atoms with Gasteiger partial charge >= 0.3 is 0 Å². The van der Waals surface area contributed by atoms with Crippen molar-refractivity contribution >= 4 is 0 Å². The van der Waals surface area contributed by atoms with Crippen molar-refractivity contribution in [2.24, 2.45) is 5.92 Å². The van der Waals surface area contributed by atoms with Crippen LogP contribution < -0.4 is 0 Å². The molecule has 3 nitrogen and oxygen atoms in total. The maximum absolute atomic E-state index is 5.60. The van der Waals surface area contributed by atoms with Crippen molar-refractivity contribution in [1.82, 2.24) is 4.90 Å². The van der Waals surface area contributed by atoms with Gasteiger partial charge in [-0.1, -0.05) is 13.8 Å². The minimum absolute atomic E-state index is 0.624. The molecule has 0 aromatic rings. The number of rotatable bonds is 13. The van der Waals surface area contributed by atoms with Crippen molar-refractivity contribution in [3.63, 3.8) is 0 Å². The van der Waals surface area contributed by atoms with Crippen molar-refractivity contribution in [2.75, 3.05) is 40.0 Å². The van der Waals surface area contributed by atoms with E-state index in [-0.39, 0.29) is 0 Å². The first-order valence-electron chi connectivity index (χ1n) is 7.89. The Morgan fingerprint density at radius 3 is 1.84 bits per heavy atom. The first kappa shape index (κ1) is 18.9. The molecule has 0 N–H and O–H groups in total. The predicted octanol–water partition coefficient (Wildman–Crippen LogP) is 3.58. The Kier molecular flexibility index (Phi) is 12.8. The standard InChI is InChI=1S/C16H35NO2/c1-15(2)9-6-11-18-13-8-14-19-12-7-10-17(5)16(3)4/h15-16H,6-14H2,1-5H3. The molecule has 0 rings (SSSR count). The van der Waals surface area contributed by atoms with Crippen molar-refractivity contribution < 1.29 is 9.47 Å². The highest BCUT2D eigenvalue weighted by Gasteiger charge is 2.01. The number of hydrogen-bond donors (Lipinski definition) is 0. The van der Waals surface area contributed by atoms with E-state index in [1.54, 1.807) is 0 Å². The maximum atomic E-state index is 5.60.